The Morgan fingerprint density at radius 1 is 0.543 bits per heavy atom. The molecule has 0 aromatic heterocycles. The molecule has 2 heteroatoms. The number of aliphatic hydroxyl groups is 1. The molecule has 2 fully saturated rings. The highest BCUT2D eigenvalue weighted by Gasteiger charge is 2.36. The van der Waals surface area contributed by atoms with E-state index in [1.165, 1.54) is 116 Å². The van der Waals surface area contributed by atoms with Crippen molar-refractivity contribution < 1.29 is 10.2 Å². The van der Waals surface area contributed by atoms with Crippen LogP contribution in [0.25, 0.3) is 16.7 Å². The topological polar surface area (TPSA) is 40.5 Å². The van der Waals surface area contributed by atoms with Crippen LogP contribution in [-0.2, 0) is 12.8 Å². The number of phenols is 1. The lowest BCUT2D eigenvalue weighted by Gasteiger charge is -2.35. The fourth-order valence-electron chi connectivity index (χ4n) is 9.91. The SMILES string of the molecule is OC1=C(c2c(O)c(-c3ccc(C4CCCCC4)cc3)cc3c2CCCC3)C2=C(CCCC2)CC1c1ccc(C2CCCCC2)cc1. The lowest BCUT2D eigenvalue weighted by atomic mass is 9.70. The number of allylic oxidation sites excluding steroid dienone is 4. The normalized spacial score (nSPS) is 22.9. The molecule has 3 aromatic rings. The Labute approximate surface area is 276 Å². The van der Waals surface area contributed by atoms with E-state index in [9.17, 15) is 10.2 Å². The Hall–Kier alpha value is -3.26. The summed E-state index contributed by atoms with van der Waals surface area (Å²) in [6.45, 7) is 0. The van der Waals surface area contributed by atoms with Crippen LogP contribution in [0.2, 0.25) is 0 Å². The Morgan fingerprint density at radius 3 is 1.78 bits per heavy atom. The Balaban J connectivity index is 1.22. The van der Waals surface area contributed by atoms with Crippen LogP contribution in [0.3, 0.4) is 0 Å². The summed E-state index contributed by atoms with van der Waals surface area (Å²) in [5, 5.41) is 24.7. The molecule has 2 nitrogen and oxygen atoms in total. The van der Waals surface area contributed by atoms with Crippen LogP contribution in [0.1, 0.15) is 160 Å². The predicted molar refractivity (Wildman–Crippen MR) is 191 cm³/mol. The second-order valence-corrected chi connectivity index (χ2v) is 15.3. The quantitative estimate of drug-likeness (QED) is 0.301. The van der Waals surface area contributed by atoms with Crippen LogP contribution in [0, 0.1) is 0 Å². The van der Waals surface area contributed by atoms with Crippen LogP contribution in [-0.4, -0.2) is 10.2 Å². The van der Waals surface area contributed by atoms with Crippen molar-refractivity contribution in [3.05, 3.63) is 105 Å². The molecule has 0 heterocycles. The van der Waals surface area contributed by atoms with Gasteiger partial charge in [0.15, 0.2) is 0 Å². The molecule has 0 saturated heterocycles. The van der Waals surface area contributed by atoms with Crippen molar-refractivity contribution in [3.63, 3.8) is 0 Å². The van der Waals surface area contributed by atoms with E-state index in [2.05, 4.69) is 54.6 Å². The number of rotatable bonds is 5. The van der Waals surface area contributed by atoms with E-state index in [1.54, 1.807) is 0 Å². The zero-order valence-electron chi connectivity index (χ0n) is 27.8. The molecule has 1 atom stereocenters. The molecule has 0 amide bonds. The monoisotopic (exact) mass is 612 g/mol. The van der Waals surface area contributed by atoms with E-state index in [4.69, 9.17) is 0 Å². The van der Waals surface area contributed by atoms with Gasteiger partial charge in [-0.15, -0.1) is 0 Å². The summed E-state index contributed by atoms with van der Waals surface area (Å²) in [7, 11) is 0. The molecular weight excluding hydrogens is 560 g/mol. The molecule has 0 radical (unpaired) electrons. The Bertz CT molecular complexity index is 1620. The fourth-order valence-corrected chi connectivity index (χ4v) is 9.91. The van der Waals surface area contributed by atoms with E-state index in [-0.39, 0.29) is 5.92 Å². The average molecular weight is 613 g/mol. The van der Waals surface area contributed by atoms with Gasteiger partial charge in [0.1, 0.15) is 11.5 Å². The van der Waals surface area contributed by atoms with Crippen molar-refractivity contribution in [1.29, 1.82) is 0 Å². The zero-order chi connectivity index (χ0) is 31.0. The van der Waals surface area contributed by atoms with Gasteiger partial charge in [0.2, 0.25) is 0 Å². The maximum atomic E-state index is 12.4. The first-order chi connectivity index (χ1) is 22.7. The third-order valence-corrected chi connectivity index (χ3v) is 12.5. The number of aliphatic hydroxyl groups excluding tert-OH is 1. The van der Waals surface area contributed by atoms with Gasteiger partial charge in [0, 0.05) is 22.6 Å². The Kier molecular flexibility index (Phi) is 8.57. The predicted octanol–water partition coefficient (Wildman–Crippen LogP) is 12.4. The first-order valence-electron chi connectivity index (χ1n) is 18.9. The minimum atomic E-state index is -0.0515. The molecule has 1 unspecified atom stereocenters. The number of hydrogen-bond acceptors (Lipinski definition) is 2. The fraction of sp³-hybridized carbons (Fsp3) is 0.500. The molecule has 0 spiro atoms. The molecule has 46 heavy (non-hydrogen) atoms. The summed E-state index contributed by atoms with van der Waals surface area (Å²) in [6, 6.07) is 20.7. The summed E-state index contributed by atoms with van der Waals surface area (Å²) in [6.07, 6.45) is 23.0. The number of fused-ring (bicyclic) bond motifs is 1. The highest BCUT2D eigenvalue weighted by atomic mass is 16.3. The second kappa shape index (κ2) is 13.1. The molecule has 3 aromatic carbocycles. The van der Waals surface area contributed by atoms with Crippen LogP contribution >= 0.6 is 0 Å². The minimum absolute atomic E-state index is 0.0515. The van der Waals surface area contributed by atoms with Gasteiger partial charge >= 0.3 is 0 Å². The van der Waals surface area contributed by atoms with Crippen LogP contribution < -0.4 is 0 Å². The molecule has 0 bridgehead atoms. The minimum Gasteiger partial charge on any atom is -0.511 e. The van der Waals surface area contributed by atoms with E-state index < -0.39 is 0 Å². The first kappa shape index (κ1) is 30.1. The second-order valence-electron chi connectivity index (χ2n) is 15.3. The van der Waals surface area contributed by atoms with Crippen LogP contribution in [0.15, 0.2) is 71.5 Å². The number of benzene rings is 3. The van der Waals surface area contributed by atoms with Crippen molar-refractivity contribution >= 4 is 5.57 Å². The van der Waals surface area contributed by atoms with Gasteiger partial charge in [-0.2, -0.15) is 0 Å². The zero-order valence-corrected chi connectivity index (χ0v) is 27.8. The van der Waals surface area contributed by atoms with Crippen molar-refractivity contribution in [2.45, 2.75) is 140 Å². The van der Waals surface area contributed by atoms with Gasteiger partial charge in [-0.3, -0.25) is 0 Å². The van der Waals surface area contributed by atoms with E-state index >= 15 is 0 Å². The van der Waals surface area contributed by atoms with Gasteiger partial charge in [-0.1, -0.05) is 92.6 Å². The van der Waals surface area contributed by atoms with Gasteiger partial charge < -0.3 is 10.2 Å². The van der Waals surface area contributed by atoms with Gasteiger partial charge in [-0.25, -0.2) is 0 Å². The average Bonchev–Trinajstić information content (AvgIpc) is 3.13. The third kappa shape index (κ3) is 5.65. The number of aromatic hydroxyl groups is 1. The lowest BCUT2D eigenvalue weighted by molar-refractivity contribution is 0.360. The van der Waals surface area contributed by atoms with Crippen LogP contribution in [0.4, 0.5) is 0 Å². The molecular formula is C44H52O2. The molecule has 240 valence electrons. The largest absolute Gasteiger partial charge is 0.511 e. The standard InChI is InChI=1S/C44H52O2/c45-43-39(33-23-19-31(20-24-33)29-11-3-1-4-12-29)27-35-15-7-9-17-37(35)41(43)42-38-18-10-8-16-36(38)28-40(44(42)46)34-25-21-32(22-26-34)30-13-5-2-6-14-30/h19-27,29-30,40,45-46H,1-18,28H2. The lowest BCUT2D eigenvalue weighted by Crippen LogP contribution is -2.19. The molecule has 0 aliphatic heterocycles. The summed E-state index contributed by atoms with van der Waals surface area (Å²) >= 11 is 0. The van der Waals surface area contributed by atoms with E-state index in [0.717, 1.165) is 67.2 Å². The maximum Gasteiger partial charge on any atom is 0.131 e. The highest BCUT2D eigenvalue weighted by molar-refractivity contribution is 5.92. The van der Waals surface area contributed by atoms with E-state index in [0.29, 0.717) is 23.3 Å². The highest BCUT2D eigenvalue weighted by Crippen LogP contribution is 2.53. The maximum absolute atomic E-state index is 12.4. The van der Waals surface area contributed by atoms with Crippen molar-refractivity contribution in [2.75, 3.05) is 0 Å². The summed E-state index contributed by atoms with van der Waals surface area (Å²) in [5.41, 5.74) is 13.5. The molecule has 2 N–H and O–H groups in total. The van der Waals surface area contributed by atoms with Gasteiger partial charge in [-0.05, 0) is 140 Å². The molecule has 8 rings (SSSR count). The molecule has 5 aliphatic carbocycles. The third-order valence-electron chi connectivity index (χ3n) is 12.5. The smallest absolute Gasteiger partial charge is 0.131 e. The van der Waals surface area contributed by atoms with Gasteiger partial charge in [0.25, 0.3) is 0 Å². The number of phenolic OH excluding ortho intramolecular Hbond substituents is 1. The number of hydrogen-bond donors (Lipinski definition) is 2. The molecule has 5 aliphatic rings. The summed E-state index contributed by atoms with van der Waals surface area (Å²) < 4.78 is 0. The molecule has 2 saturated carbocycles. The van der Waals surface area contributed by atoms with Crippen molar-refractivity contribution in [3.8, 4) is 16.9 Å². The van der Waals surface area contributed by atoms with Crippen molar-refractivity contribution in [2.24, 2.45) is 0 Å². The summed E-state index contributed by atoms with van der Waals surface area (Å²) in [5.74, 6) is 2.16. The summed E-state index contributed by atoms with van der Waals surface area (Å²) in [4.78, 5) is 0. The van der Waals surface area contributed by atoms with Crippen molar-refractivity contribution in [1.82, 2.24) is 0 Å². The number of aryl methyl sites for hydroxylation is 1. The van der Waals surface area contributed by atoms with Crippen LogP contribution in [0.5, 0.6) is 5.75 Å². The first-order valence-corrected chi connectivity index (χ1v) is 18.9. The Morgan fingerprint density at radius 2 is 1.11 bits per heavy atom. The van der Waals surface area contributed by atoms with Gasteiger partial charge in [0.05, 0.1) is 0 Å². The van der Waals surface area contributed by atoms with E-state index in [1.807, 2.05) is 0 Å².